The predicted molar refractivity (Wildman–Crippen MR) is 106 cm³/mol. The maximum atomic E-state index is 12.5. The second-order valence-corrected chi connectivity index (χ2v) is 6.95. The predicted octanol–water partition coefficient (Wildman–Crippen LogP) is 3.95. The van der Waals surface area contributed by atoms with Gasteiger partial charge in [-0.25, -0.2) is 4.98 Å². The Morgan fingerprint density at radius 2 is 1.81 bits per heavy atom. The van der Waals surface area contributed by atoms with Crippen LogP contribution in [0.15, 0.2) is 53.9 Å². The van der Waals surface area contributed by atoms with Crippen LogP contribution in [0.1, 0.15) is 34.7 Å². The van der Waals surface area contributed by atoms with Crippen LogP contribution in [0.3, 0.4) is 0 Å². The molecule has 3 aromatic rings. The molecule has 1 heterocycles. The van der Waals surface area contributed by atoms with Crippen LogP contribution in [0.4, 0.5) is 5.69 Å². The Hall–Kier alpha value is -3.19. The van der Waals surface area contributed by atoms with E-state index >= 15 is 0 Å². The van der Waals surface area contributed by atoms with Gasteiger partial charge >= 0.3 is 0 Å². The number of aromatic nitrogens is 1. The molecule has 0 atom stereocenters. The van der Waals surface area contributed by atoms with Gasteiger partial charge in [0, 0.05) is 10.9 Å². The number of nitrogens with two attached hydrogens (primary N) is 1. The molecule has 27 heavy (non-hydrogen) atoms. The third-order valence-corrected chi connectivity index (χ3v) is 4.54. The molecule has 6 nitrogen and oxygen atoms in total. The highest BCUT2D eigenvalue weighted by atomic mass is 32.1. The molecular weight excluding hydrogens is 362 g/mol. The van der Waals surface area contributed by atoms with Crippen LogP contribution in [0, 0.1) is 0 Å². The first-order valence-electron chi connectivity index (χ1n) is 8.37. The highest BCUT2D eigenvalue weighted by Crippen LogP contribution is 2.26. The van der Waals surface area contributed by atoms with E-state index in [1.807, 2.05) is 38.1 Å². The molecule has 3 rings (SSSR count). The molecule has 0 radical (unpaired) electrons. The number of thiazole rings is 1. The minimum absolute atomic E-state index is 0.106. The monoisotopic (exact) mass is 381 g/mol. The standard InChI is InChI=1S/C20H19N3O3S/c1-12(2)26-14-9-7-13(8-10-14)20-23-17(11-27-20)19(25)22-16-6-4-3-5-15(16)18(21)24/h3-12H,1-2H3,(H2,21,24)(H,22,25). The Morgan fingerprint density at radius 3 is 2.48 bits per heavy atom. The zero-order chi connectivity index (χ0) is 19.4. The zero-order valence-electron chi connectivity index (χ0n) is 14.9. The molecule has 1 aromatic heterocycles. The highest BCUT2D eigenvalue weighted by molar-refractivity contribution is 7.13. The van der Waals surface area contributed by atoms with Crippen molar-refractivity contribution in [2.45, 2.75) is 20.0 Å². The van der Waals surface area contributed by atoms with Crippen LogP contribution in [0.25, 0.3) is 10.6 Å². The van der Waals surface area contributed by atoms with Gasteiger partial charge in [-0.3, -0.25) is 9.59 Å². The van der Waals surface area contributed by atoms with Gasteiger partial charge in [0.05, 0.1) is 17.4 Å². The van der Waals surface area contributed by atoms with Crippen LogP contribution in [0.5, 0.6) is 5.75 Å². The summed E-state index contributed by atoms with van der Waals surface area (Å²) in [6, 6.07) is 14.1. The summed E-state index contributed by atoms with van der Waals surface area (Å²) in [6.45, 7) is 3.94. The summed E-state index contributed by atoms with van der Waals surface area (Å²) in [5.41, 5.74) is 7.12. The largest absolute Gasteiger partial charge is 0.491 e. The van der Waals surface area contributed by atoms with E-state index in [-0.39, 0.29) is 17.4 Å². The van der Waals surface area contributed by atoms with Gasteiger partial charge in [-0.05, 0) is 50.2 Å². The molecule has 138 valence electrons. The van der Waals surface area contributed by atoms with E-state index in [9.17, 15) is 9.59 Å². The molecule has 0 aliphatic carbocycles. The summed E-state index contributed by atoms with van der Waals surface area (Å²) >= 11 is 1.37. The van der Waals surface area contributed by atoms with Crippen molar-refractivity contribution in [3.05, 3.63) is 65.2 Å². The van der Waals surface area contributed by atoms with E-state index in [0.717, 1.165) is 16.3 Å². The molecule has 0 fully saturated rings. The first-order valence-corrected chi connectivity index (χ1v) is 9.25. The van der Waals surface area contributed by atoms with Crippen molar-refractivity contribution in [2.75, 3.05) is 5.32 Å². The van der Waals surface area contributed by atoms with Crippen LogP contribution in [-0.2, 0) is 0 Å². The second kappa shape index (κ2) is 8.01. The Bertz CT molecular complexity index is 965. The average molecular weight is 381 g/mol. The summed E-state index contributed by atoms with van der Waals surface area (Å²) < 4.78 is 5.63. The van der Waals surface area contributed by atoms with Crippen molar-refractivity contribution < 1.29 is 14.3 Å². The topological polar surface area (TPSA) is 94.3 Å². The number of ether oxygens (including phenoxy) is 1. The number of carbonyl (C=O) groups is 2. The molecule has 0 saturated carbocycles. The van der Waals surface area contributed by atoms with Crippen molar-refractivity contribution in [2.24, 2.45) is 5.73 Å². The quantitative estimate of drug-likeness (QED) is 0.676. The number of anilines is 1. The fourth-order valence-corrected chi connectivity index (χ4v) is 3.26. The summed E-state index contributed by atoms with van der Waals surface area (Å²) in [6.07, 6.45) is 0.106. The van der Waals surface area contributed by atoms with Crippen molar-refractivity contribution in [3.8, 4) is 16.3 Å². The van der Waals surface area contributed by atoms with Gasteiger partial charge in [0.25, 0.3) is 11.8 Å². The number of rotatable bonds is 6. The Morgan fingerprint density at radius 1 is 1.11 bits per heavy atom. The molecule has 7 heteroatoms. The number of nitrogens with zero attached hydrogens (tertiary/aromatic N) is 1. The van der Waals surface area contributed by atoms with E-state index in [0.29, 0.717) is 5.69 Å². The van der Waals surface area contributed by atoms with Gasteiger partial charge in [0.1, 0.15) is 16.5 Å². The van der Waals surface area contributed by atoms with Gasteiger partial charge in [-0.1, -0.05) is 12.1 Å². The molecule has 0 aliphatic heterocycles. The molecule has 0 bridgehead atoms. The zero-order valence-corrected chi connectivity index (χ0v) is 15.7. The number of hydrogen-bond acceptors (Lipinski definition) is 5. The minimum atomic E-state index is -0.603. The number of para-hydroxylation sites is 1. The van der Waals surface area contributed by atoms with Crippen LogP contribution >= 0.6 is 11.3 Å². The van der Waals surface area contributed by atoms with Crippen LogP contribution in [0.2, 0.25) is 0 Å². The van der Waals surface area contributed by atoms with Gasteiger partial charge < -0.3 is 15.8 Å². The fourth-order valence-electron chi connectivity index (χ4n) is 2.45. The lowest BCUT2D eigenvalue weighted by molar-refractivity contribution is 0.100. The minimum Gasteiger partial charge on any atom is -0.491 e. The summed E-state index contributed by atoms with van der Waals surface area (Å²) in [4.78, 5) is 28.3. The lowest BCUT2D eigenvalue weighted by Crippen LogP contribution is -2.18. The molecule has 2 aromatic carbocycles. The molecule has 0 spiro atoms. The lowest BCUT2D eigenvalue weighted by atomic mass is 10.1. The number of nitrogens with one attached hydrogen (secondary N) is 1. The molecule has 0 unspecified atom stereocenters. The molecule has 0 aliphatic rings. The highest BCUT2D eigenvalue weighted by Gasteiger charge is 2.15. The number of benzene rings is 2. The van der Waals surface area contributed by atoms with Crippen molar-refractivity contribution in [3.63, 3.8) is 0 Å². The van der Waals surface area contributed by atoms with E-state index < -0.39 is 11.8 Å². The SMILES string of the molecule is CC(C)Oc1ccc(-c2nc(C(=O)Nc3ccccc3C(N)=O)cs2)cc1. The van der Waals surface area contributed by atoms with E-state index in [4.69, 9.17) is 10.5 Å². The molecule has 0 saturated heterocycles. The first kappa shape index (κ1) is 18.6. The Labute approximate surface area is 161 Å². The van der Waals surface area contributed by atoms with E-state index in [1.54, 1.807) is 29.6 Å². The summed E-state index contributed by atoms with van der Waals surface area (Å²) in [5, 5.41) is 5.09. The van der Waals surface area contributed by atoms with E-state index in [2.05, 4.69) is 10.3 Å². The van der Waals surface area contributed by atoms with Gasteiger partial charge in [-0.15, -0.1) is 11.3 Å². The Balaban J connectivity index is 1.76. The smallest absolute Gasteiger partial charge is 0.275 e. The van der Waals surface area contributed by atoms with Gasteiger partial charge in [0.2, 0.25) is 0 Å². The maximum Gasteiger partial charge on any atom is 0.275 e. The summed E-state index contributed by atoms with van der Waals surface area (Å²) in [5.74, 6) is -0.217. The van der Waals surface area contributed by atoms with Crippen molar-refractivity contribution >= 4 is 28.8 Å². The number of primary amides is 1. The van der Waals surface area contributed by atoms with E-state index in [1.165, 1.54) is 11.3 Å². The van der Waals surface area contributed by atoms with Crippen molar-refractivity contribution in [1.82, 2.24) is 4.98 Å². The second-order valence-electron chi connectivity index (χ2n) is 6.09. The maximum absolute atomic E-state index is 12.5. The molecule has 2 amide bonds. The normalized spacial score (nSPS) is 10.6. The van der Waals surface area contributed by atoms with Crippen molar-refractivity contribution in [1.29, 1.82) is 0 Å². The number of carbonyl (C=O) groups excluding carboxylic acids is 2. The first-order chi connectivity index (χ1) is 12.9. The lowest BCUT2D eigenvalue weighted by Gasteiger charge is -2.09. The van der Waals surface area contributed by atoms with Crippen LogP contribution < -0.4 is 15.8 Å². The number of hydrogen-bond donors (Lipinski definition) is 2. The fraction of sp³-hybridized carbons (Fsp3) is 0.150. The van der Waals surface area contributed by atoms with Gasteiger partial charge in [-0.2, -0.15) is 0 Å². The molecular formula is C20H19N3O3S. The third kappa shape index (κ3) is 4.51. The third-order valence-electron chi connectivity index (χ3n) is 3.65. The summed E-state index contributed by atoms with van der Waals surface area (Å²) in [7, 11) is 0. The average Bonchev–Trinajstić information content (AvgIpc) is 3.12. The Kier molecular flexibility index (Phi) is 5.52. The van der Waals surface area contributed by atoms with Gasteiger partial charge in [0.15, 0.2) is 0 Å². The molecule has 3 N–H and O–H groups in total. The van der Waals surface area contributed by atoms with Crippen LogP contribution in [-0.4, -0.2) is 22.9 Å². The number of amides is 2.